The summed E-state index contributed by atoms with van der Waals surface area (Å²) in [5.41, 5.74) is 0.673. The Balaban J connectivity index is 1.98. The minimum Gasteiger partial charge on any atom is -0.334 e. The number of hydrogen-bond donors (Lipinski definition) is 1. The fourth-order valence-corrected chi connectivity index (χ4v) is 2.02. The Hall–Kier alpha value is -1.69. The molecule has 0 atom stereocenters. The second kappa shape index (κ2) is 3.96. The van der Waals surface area contributed by atoms with Gasteiger partial charge in [-0.15, -0.1) is 5.10 Å². The molecule has 1 fully saturated rings. The van der Waals surface area contributed by atoms with Gasteiger partial charge in [-0.05, 0) is 19.1 Å². The molecule has 0 bridgehead atoms. The van der Waals surface area contributed by atoms with Crippen molar-refractivity contribution in [1.82, 2.24) is 19.9 Å². The van der Waals surface area contributed by atoms with Gasteiger partial charge in [-0.2, -0.15) is 4.98 Å². The van der Waals surface area contributed by atoms with Crippen LogP contribution in [-0.2, 0) is 0 Å². The Kier molecular flexibility index (Phi) is 2.44. The third-order valence-corrected chi connectivity index (χ3v) is 3.08. The molecule has 5 nitrogen and oxygen atoms in total. The fraction of sp³-hybridized carbons (Fsp3) is 0.455. The third-order valence-electron chi connectivity index (χ3n) is 3.08. The zero-order valence-corrected chi connectivity index (χ0v) is 9.60. The highest BCUT2D eigenvalue weighted by Crippen LogP contribution is 2.15. The van der Waals surface area contributed by atoms with Gasteiger partial charge in [0.05, 0.1) is 12.2 Å². The Morgan fingerprint density at radius 2 is 2.35 bits per heavy atom. The van der Waals surface area contributed by atoms with Crippen molar-refractivity contribution in [2.24, 2.45) is 0 Å². The van der Waals surface area contributed by atoms with Crippen molar-refractivity contribution >= 4 is 11.6 Å². The van der Waals surface area contributed by atoms with Gasteiger partial charge in [-0.1, -0.05) is 0 Å². The Bertz CT molecular complexity index is 534. The average Bonchev–Trinajstić information content (AvgIpc) is 2.65. The first-order valence-electron chi connectivity index (χ1n) is 5.77. The molecular formula is C11H14FN5. The molecule has 3 heterocycles. The maximum atomic E-state index is 13.1. The summed E-state index contributed by atoms with van der Waals surface area (Å²) in [4.78, 5) is 6.55. The number of likely N-dealkylation sites (N-methyl/N-ethyl adjacent to an activating group) is 1. The van der Waals surface area contributed by atoms with Crippen LogP contribution in [0.3, 0.4) is 0 Å². The molecule has 17 heavy (non-hydrogen) atoms. The lowest BCUT2D eigenvalue weighted by atomic mass is 10.1. The normalized spacial score (nSPS) is 16.1. The van der Waals surface area contributed by atoms with E-state index in [0.717, 1.165) is 19.6 Å². The number of hydrogen-bond acceptors (Lipinski definition) is 4. The monoisotopic (exact) mass is 235 g/mol. The first-order chi connectivity index (χ1) is 8.28. The summed E-state index contributed by atoms with van der Waals surface area (Å²) in [6.45, 7) is 4.84. The van der Waals surface area contributed by atoms with Gasteiger partial charge in [0, 0.05) is 19.6 Å². The van der Waals surface area contributed by atoms with Crippen molar-refractivity contribution in [3.63, 3.8) is 0 Å². The van der Waals surface area contributed by atoms with Gasteiger partial charge in [-0.3, -0.25) is 0 Å². The van der Waals surface area contributed by atoms with E-state index in [-0.39, 0.29) is 5.82 Å². The number of rotatable bonds is 3. The van der Waals surface area contributed by atoms with Gasteiger partial charge in [0.15, 0.2) is 5.65 Å². The molecule has 2 aromatic heterocycles. The lowest BCUT2D eigenvalue weighted by molar-refractivity contribution is 0.413. The van der Waals surface area contributed by atoms with Crippen molar-refractivity contribution in [2.75, 3.05) is 24.5 Å². The maximum absolute atomic E-state index is 13.1. The minimum atomic E-state index is -0.303. The summed E-state index contributed by atoms with van der Waals surface area (Å²) in [5.74, 6) is 0.368. The summed E-state index contributed by atoms with van der Waals surface area (Å²) in [6, 6.07) is 3.48. The minimum absolute atomic E-state index is 0.303. The number of anilines is 1. The molecule has 0 aromatic carbocycles. The lowest BCUT2D eigenvalue weighted by Gasteiger charge is -2.36. The second-order valence-electron chi connectivity index (χ2n) is 4.16. The first-order valence-corrected chi connectivity index (χ1v) is 5.77. The average molecular weight is 235 g/mol. The van der Waals surface area contributed by atoms with Crippen LogP contribution in [-0.4, -0.2) is 40.3 Å². The number of aromatic nitrogens is 3. The van der Waals surface area contributed by atoms with Crippen LogP contribution in [0.2, 0.25) is 0 Å². The lowest BCUT2D eigenvalue weighted by Crippen LogP contribution is -2.57. The fourth-order valence-electron chi connectivity index (χ4n) is 2.02. The molecule has 90 valence electrons. The Labute approximate surface area is 98.3 Å². The van der Waals surface area contributed by atoms with Gasteiger partial charge in [-0.25, -0.2) is 8.91 Å². The highest BCUT2D eigenvalue weighted by atomic mass is 19.1. The van der Waals surface area contributed by atoms with E-state index >= 15 is 0 Å². The van der Waals surface area contributed by atoms with Gasteiger partial charge < -0.3 is 10.2 Å². The molecule has 1 aliphatic heterocycles. The van der Waals surface area contributed by atoms with Crippen LogP contribution < -0.4 is 10.2 Å². The summed E-state index contributed by atoms with van der Waals surface area (Å²) in [7, 11) is 0. The van der Waals surface area contributed by atoms with Crippen LogP contribution in [0.5, 0.6) is 0 Å². The van der Waals surface area contributed by atoms with Gasteiger partial charge in [0.1, 0.15) is 5.82 Å². The smallest absolute Gasteiger partial charge is 0.246 e. The van der Waals surface area contributed by atoms with E-state index in [1.807, 2.05) is 0 Å². The zero-order valence-electron chi connectivity index (χ0n) is 9.60. The van der Waals surface area contributed by atoms with Crippen LogP contribution in [0.25, 0.3) is 5.65 Å². The van der Waals surface area contributed by atoms with Crippen molar-refractivity contribution < 1.29 is 4.39 Å². The van der Waals surface area contributed by atoms with Crippen LogP contribution in [0.1, 0.15) is 6.92 Å². The molecule has 1 N–H and O–H groups in total. The molecule has 0 saturated carbocycles. The summed E-state index contributed by atoms with van der Waals surface area (Å²) < 4.78 is 14.5. The van der Waals surface area contributed by atoms with E-state index in [1.54, 1.807) is 6.07 Å². The van der Waals surface area contributed by atoms with E-state index < -0.39 is 0 Å². The third kappa shape index (κ3) is 1.74. The van der Waals surface area contributed by atoms with E-state index in [1.165, 1.54) is 16.8 Å². The van der Waals surface area contributed by atoms with Gasteiger partial charge in [0.2, 0.25) is 5.95 Å². The predicted molar refractivity (Wildman–Crippen MR) is 62.6 cm³/mol. The van der Waals surface area contributed by atoms with Crippen molar-refractivity contribution in [3.05, 3.63) is 24.1 Å². The zero-order chi connectivity index (χ0) is 11.8. The van der Waals surface area contributed by atoms with E-state index in [4.69, 9.17) is 0 Å². The largest absolute Gasteiger partial charge is 0.334 e. The standard InChI is InChI=1S/C11H14FN5/c1-2-16(9-5-13-6-9)11-14-10-4-3-8(12)7-17(10)15-11/h3-4,7,9,13H,2,5-6H2,1H3. The number of pyridine rings is 1. The van der Waals surface area contributed by atoms with Gasteiger partial charge in [0.25, 0.3) is 0 Å². The summed E-state index contributed by atoms with van der Waals surface area (Å²) >= 11 is 0. The van der Waals surface area contributed by atoms with Crippen molar-refractivity contribution in [2.45, 2.75) is 13.0 Å². The Morgan fingerprint density at radius 3 is 3.00 bits per heavy atom. The van der Waals surface area contributed by atoms with E-state index in [0.29, 0.717) is 17.6 Å². The van der Waals surface area contributed by atoms with E-state index in [2.05, 4.69) is 27.2 Å². The highest BCUT2D eigenvalue weighted by Gasteiger charge is 2.26. The molecule has 3 rings (SSSR count). The molecule has 0 unspecified atom stereocenters. The maximum Gasteiger partial charge on any atom is 0.246 e. The highest BCUT2D eigenvalue weighted by molar-refractivity contribution is 5.45. The van der Waals surface area contributed by atoms with Crippen LogP contribution in [0.15, 0.2) is 18.3 Å². The van der Waals surface area contributed by atoms with Crippen LogP contribution >= 0.6 is 0 Å². The number of halogens is 1. The van der Waals surface area contributed by atoms with E-state index in [9.17, 15) is 4.39 Å². The topological polar surface area (TPSA) is 45.5 Å². The molecule has 0 amide bonds. The Morgan fingerprint density at radius 1 is 1.53 bits per heavy atom. The van der Waals surface area contributed by atoms with Gasteiger partial charge >= 0.3 is 0 Å². The SMILES string of the molecule is CCN(c1nc2ccc(F)cn2n1)C1CNC1. The molecule has 2 aromatic rings. The molecule has 0 aliphatic carbocycles. The second-order valence-corrected chi connectivity index (χ2v) is 4.16. The van der Waals surface area contributed by atoms with Crippen molar-refractivity contribution in [1.29, 1.82) is 0 Å². The summed E-state index contributed by atoms with van der Waals surface area (Å²) in [6.07, 6.45) is 1.35. The molecular weight excluding hydrogens is 221 g/mol. The first kappa shape index (κ1) is 10.5. The molecule has 0 spiro atoms. The molecule has 6 heteroatoms. The quantitative estimate of drug-likeness (QED) is 0.849. The molecule has 1 saturated heterocycles. The number of nitrogens with one attached hydrogen (secondary N) is 1. The van der Waals surface area contributed by atoms with Crippen LogP contribution in [0, 0.1) is 5.82 Å². The van der Waals surface area contributed by atoms with Crippen molar-refractivity contribution in [3.8, 4) is 0 Å². The predicted octanol–water partition coefficient (Wildman–Crippen LogP) is 0.666. The molecule has 0 radical (unpaired) electrons. The number of fused-ring (bicyclic) bond motifs is 1. The summed E-state index contributed by atoms with van der Waals surface area (Å²) in [5, 5.41) is 7.54. The van der Waals surface area contributed by atoms with Crippen LogP contribution in [0.4, 0.5) is 10.3 Å². The number of nitrogens with zero attached hydrogens (tertiary/aromatic N) is 4. The molecule has 1 aliphatic rings.